The zero-order valence-corrected chi connectivity index (χ0v) is 12.1. The predicted octanol–water partition coefficient (Wildman–Crippen LogP) is 2.57. The van der Waals surface area contributed by atoms with Crippen LogP contribution in [0.25, 0.3) is 0 Å². The van der Waals surface area contributed by atoms with Gasteiger partial charge < -0.3 is 16.3 Å². The van der Waals surface area contributed by atoms with E-state index in [1.165, 1.54) is 19.3 Å². The molecule has 18 heavy (non-hydrogen) atoms. The second kappa shape index (κ2) is 6.98. The number of nitrogens with zero attached hydrogens (tertiary/aromatic N) is 1. The van der Waals surface area contributed by atoms with Crippen molar-refractivity contribution in [2.75, 3.05) is 13.1 Å². The molecule has 0 heterocycles. The van der Waals surface area contributed by atoms with E-state index in [-0.39, 0.29) is 5.41 Å². The van der Waals surface area contributed by atoms with Crippen LogP contribution in [0.3, 0.4) is 0 Å². The Labute approximate surface area is 111 Å². The van der Waals surface area contributed by atoms with E-state index in [9.17, 15) is 0 Å². The Bertz CT molecular complexity index is 276. The molecule has 0 saturated heterocycles. The molecule has 0 radical (unpaired) electrons. The van der Waals surface area contributed by atoms with Crippen molar-refractivity contribution in [2.24, 2.45) is 28.1 Å². The molecule has 4 heteroatoms. The molecule has 0 bridgehead atoms. The van der Waals surface area contributed by atoms with Crippen LogP contribution in [-0.4, -0.2) is 24.1 Å². The zero-order chi connectivity index (χ0) is 13.6. The van der Waals surface area contributed by atoms with Crippen molar-refractivity contribution in [1.82, 2.24) is 5.32 Å². The highest BCUT2D eigenvalue weighted by molar-refractivity contribution is 5.85. The topological polar surface area (TPSA) is 70.6 Å². The second-order valence-corrected chi connectivity index (χ2v) is 6.46. The van der Waals surface area contributed by atoms with Crippen molar-refractivity contribution in [1.29, 1.82) is 0 Å². The highest BCUT2D eigenvalue weighted by Gasteiger charge is 2.23. The van der Waals surface area contributed by atoms with Gasteiger partial charge in [0.15, 0.2) is 0 Å². The molecule has 1 saturated carbocycles. The normalized spacial score (nSPS) is 25.6. The fourth-order valence-electron chi connectivity index (χ4n) is 2.74. The van der Waals surface area contributed by atoms with E-state index < -0.39 is 0 Å². The van der Waals surface area contributed by atoms with Gasteiger partial charge >= 0.3 is 0 Å². The Hall–Kier alpha value is -0.770. The van der Waals surface area contributed by atoms with E-state index >= 15 is 0 Å². The molecule has 0 aliphatic heterocycles. The molecular formula is C14H29N3O. The monoisotopic (exact) mass is 255 g/mol. The molecule has 106 valence electrons. The molecule has 2 atom stereocenters. The number of rotatable bonds is 7. The van der Waals surface area contributed by atoms with Crippen molar-refractivity contribution in [3.8, 4) is 0 Å². The molecule has 4 nitrogen and oxygen atoms in total. The summed E-state index contributed by atoms with van der Waals surface area (Å²) in [5.41, 5.74) is 5.45. The number of nitrogens with one attached hydrogen (secondary N) is 1. The average Bonchev–Trinajstić information content (AvgIpc) is 2.73. The van der Waals surface area contributed by atoms with Gasteiger partial charge in [-0.05, 0) is 50.6 Å². The highest BCUT2D eigenvalue weighted by atomic mass is 16.4. The summed E-state index contributed by atoms with van der Waals surface area (Å²) >= 11 is 0. The maximum atomic E-state index is 8.69. The zero-order valence-electron chi connectivity index (χ0n) is 12.1. The van der Waals surface area contributed by atoms with Crippen LogP contribution in [0.5, 0.6) is 0 Å². The van der Waals surface area contributed by atoms with Crippen molar-refractivity contribution < 1.29 is 5.21 Å². The average molecular weight is 255 g/mol. The van der Waals surface area contributed by atoms with E-state index in [0.717, 1.165) is 37.8 Å². The quantitative estimate of drug-likeness (QED) is 0.215. The van der Waals surface area contributed by atoms with Crippen LogP contribution in [0.2, 0.25) is 0 Å². The first-order valence-corrected chi connectivity index (χ1v) is 7.14. The summed E-state index contributed by atoms with van der Waals surface area (Å²) in [6.07, 6.45) is 6.15. The predicted molar refractivity (Wildman–Crippen MR) is 75.8 cm³/mol. The van der Waals surface area contributed by atoms with Gasteiger partial charge in [-0.1, -0.05) is 32.3 Å². The molecule has 1 fully saturated rings. The Morgan fingerprint density at radius 2 is 2.17 bits per heavy atom. The van der Waals surface area contributed by atoms with Crippen LogP contribution < -0.4 is 11.1 Å². The van der Waals surface area contributed by atoms with Crippen molar-refractivity contribution in [3.63, 3.8) is 0 Å². The third kappa shape index (κ3) is 4.84. The first kappa shape index (κ1) is 15.3. The van der Waals surface area contributed by atoms with E-state index in [1.54, 1.807) is 0 Å². The second-order valence-electron chi connectivity index (χ2n) is 6.46. The third-order valence-corrected chi connectivity index (χ3v) is 4.19. The minimum absolute atomic E-state index is 0.210. The van der Waals surface area contributed by atoms with Crippen LogP contribution in [0.1, 0.15) is 52.9 Å². The van der Waals surface area contributed by atoms with Gasteiger partial charge in [0.05, 0.1) is 0 Å². The summed E-state index contributed by atoms with van der Waals surface area (Å²) in [5.74, 6) is 2.11. The summed E-state index contributed by atoms with van der Waals surface area (Å²) in [7, 11) is 0. The molecular weight excluding hydrogens is 226 g/mol. The number of nitrogens with two attached hydrogens (primary N) is 1. The summed E-state index contributed by atoms with van der Waals surface area (Å²) in [4.78, 5) is 0. The SMILES string of the molecule is CC1CCC(CNCCCC(C)(C)C(N)=NO)C1. The first-order chi connectivity index (χ1) is 8.45. The minimum Gasteiger partial charge on any atom is -0.409 e. The Morgan fingerprint density at radius 1 is 1.44 bits per heavy atom. The Kier molecular flexibility index (Phi) is 5.93. The van der Waals surface area contributed by atoms with Gasteiger partial charge in [-0.2, -0.15) is 0 Å². The van der Waals surface area contributed by atoms with E-state index in [2.05, 4.69) is 17.4 Å². The fourth-order valence-corrected chi connectivity index (χ4v) is 2.74. The van der Waals surface area contributed by atoms with Gasteiger partial charge in [0.2, 0.25) is 0 Å². The molecule has 1 aliphatic rings. The van der Waals surface area contributed by atoms with Crippen LogP contribution in [0.4, 0.5) is 0 Å². The molecule has 2 unspecified atom stereocenters. The Morgan fingerprint density at radius 3 is 2.72 bits per heavy atom. The largest absolute Gasteiger partial charge is 0.409 e. The Balaban J connectivity index is 2.08. The van der Waals surface area contributed by atoms with E-state index in [4.69, 9.17) is 10.9 Å². The lowest BCUT2D eigenvalue weighted by molar-refractivity contribution is 0.304. The molecule has 4 N–H and O–H groups in total. The number of hydrogen-bond donors (Lipinski definition) is 3. The van der Waals surface area contributed by atoms with Crippen LogP contribution in [0, 0.1) is 17.3 Å². The number of hydrogen-bond acceptors (Lipinski definition) is 3. The first-order valence-electron chi connectivity index (χ1n) is 7.14. The summed E-state index contributed by atoms with van der Waals surface area (Å²) in [6.45, 7) is 8.54. The van der Waals surface area contributed by atoms with Crippen LogP contribution in [0.15, 0.2) is 5.16 Å². The standard InChI is InChI=1S/C14H29N3O/c1-11-5-6-12(9-11)10-16-8-4-7-14(2,3)13(15)17-18/h11-12,16,18H,4-10H2,1-3H3,(H2,15,17). The minimum atomic E-state index is -0.210. The summed E-state index contributed by atoms with van der Waals surface area (Å²) < 4.78 is 0. The van der Waals surface area contributed by atoms with Gasteiger partial charge in [-0.3, -0.25) is 0 Å². The lowest BCUT2D eigenvalue weighted by Gasteiger charge is -2.22. The van der Waals surface area contributed by atoms with E-state index in [0.29, 0.717) is 5.84 Å². The molecule has 1 rings (SSSR count). The van der Waals surface area contributed by atoms with Crippen molar-refractivity contribution >= 4 is 5.84 Å². The van der Waals surface area contributed by atoms with Crippen molar-refractivity contribution in [2.45, 2.75) is 52.9 Å². The summed E-state index contributed by atoms with van der Waals surface area (Å²) in [5, 5.41) is 15.3. The van der Waals surface area contributed by atoms with Gasteiger partial charge in [0.1, 0.15) is 5.84 Å². The lowest BCUT2D eigenvalue weighted by Crippen LogP contribution is -2.33. The third-order valence-electron chi connectivity index (χ3n) is 4.19. The van der Waals surface area contributed by atoms with Crippen LogP contribution in [-0.2, 0) is 0 Å². The number of amidine groups is 1. The molecule has 0 spiro atoms. The molecule has 0 amide bonds. The smallest absolute Gasteiger partial charge is 0.144 e. The summed E-state index contributed by atoms with van der Waals surface area (Å²) in [6, 6.07) is 0. The van der Waals surface area contributed by atoms with Crippen LogP contribution >= 0.6 is 0 Å². The maximum Gasteiger partial charge on any atom is 0.144 e. The van der Waals surface area contributed by atoms with Gasteiger partial charge in [0.25, 0.3) is 0 Å². The molecule has 1 aliphatic carbocycles. The van der Waals surface area contributed by atoms with Crippen molar-refractivity contribution in [3.05, 3.63) is 0 Å². The van der Waals surface area contributed by atoms with E-state index in [1.807, 2.05) is 13.8 Å². The highest BCUT2D eigenvalue weighted by Crippen LogP contribution is 2.29. The van der Waals surface area contributed by atoms with Gasteiger partial charge in [-0.25, -0.2) is 0 Å². The number of oxime groups is 1. The molecule has 0 aromatic carbocycles. The maximum absolute atomic E-state index is 8.69. The molecule has 0 aromatic heterocycles. The molecule has 0 aromatic rings. The lowest BCUT2D eigenvalue weighted by atomic mass is 9.86. The van der Waals surface area contributed by atoms with Gasteiger partial charge in [-0.15, -0.1) is 0 Å². The van der Waals surface area contributed by atoms with Gasteiger partial charge in [0, 0.05) is 5.41 Å². The fraction of sp³-hybridized carbons (Fsp3) is 0.929.